The van der Waals surface area contributed by atoms with Gasteiger partial charge in [-0.25, -0.2) is 4.98 Å². The Morgan fingerprint density at radius 3 is 2.94 bits per heavy atom. The van der Waals surface area contributed by atoms with Crippen LogP contribution in [0.15, 0.2) is 16.8 Å². The molecular formula is C12H18N4O. The van der Waals surface area contributed by atoms with Crippen LogP contribution in [0.3, 0.4) is 0 Å². The van der Waals surface area contributed by atoms with E-state index in [-0.39, 0.29) is 6.04 Å². The molecule has 0 aliphatic heterocycles. The Morgan fingerprint density at radius 1 is 1.53 bits per heavy atom. The highest BCUT2D eigenvalue weighted by atomic mass is 16.4. The molecule has 0 radical (unpaired) electrons. The summed E-state index contributed by atoms with van der Waals surface area (Å²) in [5, 5.41) is 7.50. The van der Waals surface area contributed by atoms with Crippen molar-refractivity contribution in [2.75, 3.05) is 7.05 Å². The van der Waals surface area contributed by atoms with E-state index < -0.39 is 0 Å². The summed E-state index contributed by atoms with van der Waals surface area (Å²) in [4.78, 5) is 4.28. The van der Waals surface area contributed by atoms with E-state index in [0.717, 1.165) is 23.4 Å². The highest BCUT2D eigenvalue weighted by molar-refractivity contribution is 5.58. The van der Waals surface area contributed by atoms with Crippen LogP contribution in [0.2, 0.25) is 0 Å². The van der Waals surface area contributed by atoms with Gasteiger partial charge >= 0.3 is 0 Å². The van der Waals surface area contributed by atoms with Gasteiger partial charge in [0.25, 0.3) is 0 Å². The first-order valence-corrected chi connectivity index (χ1v) is 5.81. The minimum absolute atomic E-state index is 0.116. The third kappa shape index (κ3) is 2.24. The molecule has 2 rings (SSSR count). The monoisotopic (exact) mass is 234 g/mol. The molecular weight excluding hydrogens is 216 g/mol. The maximum atomic E-state index is 5.75. The fourth-order valence-electron chi connectivity index (χ4n) is 1.74. The second-order valence-corrected chi connectivity index (χ2v) is 4.09. The predicted octanol–water partition coefficient (Wildman–Crippen LogP) is 1.92. The van der Waals surface area contributed by atoms with Gasteiger partial charge in [0.05, 0.1) is 23.5 Å². The maximum absolute atomic E-state index is 5.75. The highest BCUT2D eigenvalue weighted by Crippen LogP contribution is 2.25. The molecule has 1 atom stereocenters. The number of aryl methyl sites for hydroxylation is 2. The van der Waals surface area contributed by atoms with Gasteiger partial charge in [-0.2, -0.15) is 5.10 Å². The second kappa shape index (κ2) is 4.71. The lowest BCUT2D eigenvalue weighted by Crippen LogP contribution is -2.12. The number of nitrogens with one attached hydrogen (secondary N) is 1. The Morgan fingerprint density at radius 2 is 2.29 bits per heavy atom. The molecule has 2 aromatic rings. The Balaban J connectivity index is 2.36. The fraction of sp³-hybridized carbons (Fsp3) is 0.500. The van der Waals surface area contributed by atoms with Crippen molar-refractivity contribution in [1.29, 1.82) is 0 Å². The van der Waals surface area contributed by atoms with Crippen molar-refractivity contribution in [3.05, 3.63) is 24.0 Å². The van der Waals surface area contributed by atoms with Crippen molar-refractivity contribution >= 4 is 0 Å². The zero-order chi connectivity index (χ0) is 12.4. The van der Waals surface area contributed by atoms with E-state index in [4.69, 9.17) is 4.42 Å². The smallest absolute Gasteiger partial charge is 0.211 e. The quantitative estimate of drug-likeness (QED) is 0.878. The Kier molecular flexibility index (Phi) is 3.28. The highest BCUT2D eigenvalue weighted by Gasteiger charge is 2.15. The summed E-state index contributed by atoms with van der Waals surface area (Å²) in [6, 6.07) is 0.116. The molecule has 1 unspecified atom stereocenters. The lowest BCUT2D eigenvalue weighted by molar-refractivity contribution is 0.441. The largest absolute Gasteiger partial charge is 0.439 e. The van der Waals surface area contributed by atoms with Crippen molar-refractivity contribution < 1.29 is 4.42 Å². The standard InChI is InChI=1S/C12H18N4O/c1-5-10-9(7-16(4)15-10)11-6-14-12(17-11)8(2)13-3/h6-8,13H,5H2,1-4H3. The number of nitrogens with zero attached hydrogens (tertiary/aromatic N) is 3. The summed E-state index contributed by atoms with van der Waals surface area (Å²) in [7, 11) is 3.80. The number of rotatable bonds is 4. The van der Waals surface area contributed by atoms with Crippen LogP contribution in [0.5, 0.6) is 0 Å². The first kappa shape index (κ1) is 11.9. The molecule has 5 heteroatoms. The summed E-state index contributed by atoms with van der Waals surface area (Å²) in [6.07, 6.45) is 4.61. The molecule has 0 aliphatic rings. The molecule has 0 amide bonds. The second-order valence-electron chi connectivity index (χ2n) is 4.09. The molecule has 0 bridgehead atoms. The molecule has 0 spiro atoms. The lowest BCUT2D eigenvalue weighted by atomic mass is 10.2. The van der Waals surface area contributed by atoms with Crippen LogP contribution >= 0.6 is 0 Å². The summed E-state index contributed by atoms with van der Waals surface area (Å²) in [6.45, 7) is 4.10. The maximum Gasteiger partial charge on any atom is 0.211 e. The van der Waals surface area contributed by atoms with Gasteiger partial charge in [-0.3, -0.25) is 4.68 Å². The summed E-state index contributed by atoms with van der Waals surface area (Å²) >= 11 is 0. The van der Waals surface area contributed by atoms with Crippen LogP contribution in [0.1, 0.15) is 31.5 Å². The average molecular weight is 234 g/mol. The minimum Gasteiger partial charge on any atom is -0.439 e. The van der Waals surface area contributed by atoms with E-state index in [2.05, 4.69) is 22.3 Å². The van der Waals surface area contributed by atoms with E-state index in [9.17, 15) is 0 Å². The zero-order valence-corrected chi connectivity index (χ0v) is 10.7. The molecule has 2 heterocycles. The van der Waals surface area contributed by atoms with E-state index in [0.29, 0.717) is 5.89 Å². The first-order valence-electron chi connectivity index (χ1n) is 5.81. The van der Waals surface area contributed by atoms with Gasteiger partial charge in [0, 0.05) is 13.2 Å². The van der Waals surface area contributed by atoms with Crippen LogP contribution in [0.25, 0.3) is 11.3 Å². The van der Waals surface area contributed by atoms with Gasteiger partial charge in [-0.1, -0.05) is 6.92 Å². The minimum atomic E-state index is 0.116. The molecule has 0 aliphatic carbocycles. The zero-order valence-electron chi connectivity index (χ0n) is 10.7. The Hall–Kier alpha value is -1.62. The fourth-order valence-corrected chi connectivity index (χ4v) is 1.74. The van der Waals surface area contributed by atoms with Crippen molar-refractivity contribution in [3.63, 3.8) is 0 Å². The Labute approximate surface area is 101 Å². The van der Waals surface area contributed by atoms with Crippen LogP contribution < -0.4 is 5.32 Å². The van der Waals surface area contributed by atoms with E-state index in [1.54, 1.807) is 10.9 Å². The van der Waals surface area contributed by atoms with Gasteiger partial charge in [-0.05, 0) is 20.4 Å². The normalized spacial score (nSPS) is 12.9. The molecule has 0 fully saturated rings. The van der Waals surface area contributed by atoms with Crippen LogP contribution in [0, 0.1) is 0 Å². The molecule has 5 nitrogen and oxygen atoms in total. The van der Waals surface area contributed by atoms with Crippen LogP contribution in [-0.2, 0) is 13.5 Å². The van der Waals surface area contributed by atoms with Crippen molar-refractivity contribution in [2.45, 2.75) is 26.3 Å². The molecule has 0 saturated carbocycles. The molecule has 0 saturated heterocycles. The molecule has 17 heavy (non-hydrogen) atoms. The third-order valence-corrected chi connectivity index (χ3v) is 2.83. The van der Waals surface area contributed by atoms with Gasteiger partial charge in [0.2, 0.25) is 5.89 Å². The summed E-state index contributed by atoms with van der Waals surface area (Å²) in [5.74, 6) is 1.49. The Bertz CT molecular complexity index is 500. The summed E-state index contributed by atoms with van der Waals surface area (Å²) < 4.78 is 7.55. The van der Waals surface area contributed by atoms with Gasteiger partial charge < -0.3 is 9.73 Å². The first-order chi connectivity index (χ1) is 8.15. The van der Waals surface area contributed by atoms with Gasteiger partial charge in [0.15, 0.2) is 5.76 Å². The predicted molar refractivity (Wildman–Crippen MR) is 65.6 cm³/mol. The molecule has 92 valence electrons. The van der Waals surface area contributed by atoms with E-state index >= 15 is 0 Å². The van der Waals surface area contributed by atoms with Crippen LogP contribution in [-0.4, -0.2) is 21.8 Å². The molecule has 1 N–H and O–H groups in total. The number of aromatic nitrogens is 3. The topological polar surface area (TPSA) is 55.9 Å². The molecule has 2 aromatic heterocycles. The van der Waals surface area contributed by atoms with Gasteiger partial charge in [-0.15, -0.1) is 0 Å². The number of oxazole rings is 1. The van der Waals surface area contributed by atoms with Crippen LogP contribution in [0.4, 0.5) is 0 Å². The van der Waals surface area contributed by atoms with Crippen molar-refractivity contribution in [3.8, 4) is 11.3 Å². The third-order valence-electron chi connectivity index (χ3n) is 2.83. The average Bonchev–Trinajstić information content (AvgIpc) is 2.93. The summed E-state index contributed by atoms with van der Waals surface area (Å²) in [5.41, 5.74) is 2.06. The SMILES string of the molecule is CCc1nn(C)cc1-c1cnc(C(C)NC)o1. The van der Waals surface area contributed by atoms with E-state index in [1.807, 2.05) is 27.2 Å². The number of hydrogen-bond donors (Lipinski definition) is 1. The van der Waals surface area contributed by atoms with E-state index in [1.165, 1.54) is 0 Å². The van der Waals surface area contributed by atoms with Gasteiger partial charge in [0.1, 0.15) is 0 Å². The lowest BCUT2D eigenvalue weighted by Gasteiger charge is -2.03. The van der Waals surface area contributed by atoms with Crippen molar-refractivity contribution in [2.24, 2.45) is 7.05 Å². The van der Waals surface area contributed by atoms with Crippen molar-refractivity contribution in [1.82, 2.24) is 20.1 Å². The molecule has 0 aromatic carbocycles. The number of hydrogen-bond acceptors (Lipinski definition) is 4.